The molecule has 8 heteroatoms. The lowest BCUT2D eigenvalue weighted by Crippen LogP contribution is -2.25. The molecular weight excluding hydrogens is 439 g/mol. The lowest BCUT2D eigenvalue weighted by atomic mass is 10.1. The zero-order chi connectivity index (χ0) is 22.5. The van der Waals surface area contributed by atoms with Crippen LogP contribution in [0, 0.1) is 0 Å². The quantitative estimate of drug-likeness (QED) is 0.573. The molecule has 1 amide bonds. The number of carbonyl (C=O) groups excluding carboxylic acids is 2. The van der Waals surface area contributed by atoms with E-state index in [1.807, 2.05) is 43.3 Å². The highest BCUT2D eigenvalue weighted by Crippen LogP contribution is 2.26. The number of carbonyl (C=O) groups is 2. The summed E-state index contributed by atoms with van der Waals surface area (Å²) in [6.07, 6.45) is 0. The Balaban J connectivity index is 1.77. The fourth-order valence-electron chi connectivity index (χ4n) is 2.85. The molecule has 0 aliphatic rings. The topological polar surface area (TPSA) is 81.7 Å². The van der Waals surface area contributed by atoms with Gasteiger partial charge >= 0.3 is 0 Å². The Morgan fingerprint density at radius 2 is 1.77 bits per heavy atom. The fraction of sp³-hybridized carbons (Fsp3) is 0.130. The first kappa shape index (κ1) is 22.5. The van der Waals surface area contributed by atoms with Crippen molar-refractivity contribution in [2.45, 2.75) is 6.61 Å². The number of amides is 1. The minimum absolute atomic E-state index is 0.0676. The maximum Gasteiger partial charge on any atom is 0.257 e. The highest BCUT2D eigenvalue weighted by Gasteiger charge is 2.14. The summed E-state index contributed by atoms with van der Waals surface area (Å²) in [6, 6.07) is 16.5. The lowest BCUT2D eigenvalue weighted by molar-refractivity contribution is -0.254. The summed E-state index contributed by atoms with van der Waals surface area (Å²) in [4.78, 5) is 26.1. The number of halogens is 2. The van der Waals surface area contributed by atoms with Gasteiger partial charge < -0.3 is 24.9 Å². The average molecular weight is 458 g/mol. The smallest absolute Gasteiger partial charge is 0.257 e. The van der Waals surface area contributed by atoms with E-state index in [0.29, 0.717) is 10.8 Å². The van der Waals surface area contributed by atoms with E-state index in [-0.39, 0.29) is 28.4 Å². The van der Waals surface area contributed by atoms with Crippen LogP contribution in [0.15, 0.2) is 60.7 Å². The monoisotopic (exact) mass is 457 g/mol. The molecule has 0 spiro atoms. The van der Waals surface area contributed by atoms with E-state index < -0.39 is 11.9 Å². The van der Waals surface area contributed by atoms with Gasteiger partial charge in [0.15, 0.2) is 0 Å². The molecule has 0 heterocycles. The van der Waals surface area contributed by atoms with Gasteiger partial charge in [0.05, 0.1) is 22.2 Å². The Labute approximate surface area is 190 Å². The third-order valence-corrected chi connectivity index (χ3v) is 5.02. The van der Waals surface area contributed by atoms with Gasteiger partial charge in [-0.15, -0.1) is 0 Å². The molecule has 31 heavy (non-hydrogen) atoms. The first-order valence-corrected chi connectivity index (χ1v) is 10.0. The lowest BCUT2D eigenvalue weighted by Gasteiger charge is -2.16. The molecule has 0 unspecified atom stereocenters. The number of carboxylic acid groups (broad SMARTS) is 1. The standard InChI is InChI=1S/C23H20Cl2N2O4/c1-27(2)16-5-3-4-14(10-16)13-31-17-7-9-21(19(12-17)23(29)30)26-22(28)18-8-6-15(24)11-20(18)25/h3-12H,13H2,1-2H3,(H,26,28)(H,29,30)/p-1. The second-order valence-corrected chi connectivity index (χ2v) is 7.77. The maximum absolute atomic E-state index is 12.5. The highest BCUT2D eigenvalue weighted by molar-refractivity contribution is 6.37. The van der Waals surface area contributed by atoms with Crippen molar-refractivity contribution in [3.63, 3.8) is 0 Å². The van der Waals surface area contributed by atoms with Gasteiger partial charge in [-0.3, -0.25) is 4.79 Å². The Kier molecular flexibility index (Phi) is 7.05. The normalized spacial score (nSPS) is 10.5. The summed E-state index contributed by atoms with van der Waals surface area (Å²) in [5, 5.41) is 14.7. The van der Waals surface area contributed by atoms with Crippen LogP contribution in [0.1, 0.15) is 26.3 Å². The third-order valence-electron chi connectivity index (χ3n) is 4.47. The molecule has 0 saturated heterocycles. The fourth-order valence-corrected chi connectivity index (χ4v) is 3.34. The Morgan fingerprint density at radius 1 is 1.00 bits per heavy atom. The van der Waals surface area contributed by atoms with Gasteiger partial charge in [-0.05, 0) is 54.1 Å². The number of rotatable bonds is 7. The Bertz CT molecular complexity index is 1130. The number of benzene rings is 3. The van der Waals surface area contributed by atoms with Gasteiger partial charge in [-0.25, -0.2) is 0 Å². The van der Waals surface area contributed by atoms with Crippen LogP contribution in [0.3, 0.4) is 0 Å². The predicted octanol–water partition coefficient (Wildman–Crippen LogP) is 4.25. The van der Waals surface area contributed by atoms with Crippen molar-refractivity contribution in [3.8, 4) is 5.75 Å². The van der Waals surface area contributed by atoms with E-state index in [1.54, 1.807) is 6.07 Å². The summed E-state index contributed by atoms with van der Waals surface area (Å²) < 4.78 is 5.74. The van der Waals surface area contributed by atoms with Crippen molar-refractivity contribution < 1.29 is 19.4 Å². The van der Waals surface area contributed by atoms with Gasteiger partial charge in [0.2, 0.25) is 0 Å². The summed E-state index contributed by atoms with van der Waals surface area (Å²) in [7, 11) is 3.88. The first-order chi connectivity index (χ1) is 14.7. The van der Waals surface area contributed by atoms with Crippen LogP contribution in [-0.2, 0) is 6.61 Å². The Morgan fingerprint density at radius 3 is 2.45 bits per heavy atom. The summed E-state index contributed by atoms with van der Waals surface area (Å²) in [6.45, 7) is 0.250. The van der Waals surface area contributed by atoms with Crippen molar-refractivity contribution >= 4 is 46.5 Å². The molecule has 0 atom stereocenters. The van der Waals surface area contributed by atoms with Gasteiger partial charge in [0.1, 0.15) is 12.4 Å². The van der Waals surface area contributed by atoms with Crippen molar-refractivity contribution in [2.24, 2.45) is 0 Å². The Hall–Kier alpha value is -3.22. The summed E-state index contributed by atoms with van der Waals surface area (Å²) >= 11 is 11.9. The first-order valence-electron chi connectivity index (χ1n) is 9.25. The van der Waals surface area contributed by atoms with Crippen LogP contribution < -0.4 is 20.1 Å². The number of nitrogens with one attached hydrogen (secondary N) is 1. The van der Waals surface area contributed by atoms with Crippen molar-refractivity contribution in [2.75, 3.05) is 24.3 Å². The number of anilines is 2. The summed E-state index contributed by atoms with van der Waals surface area (Å²) in [5.41, 5.74) is 1.97. The molecule has 0 bridgehead atoms. The molecule has 1 N–H and O–H groups in total. The van der Waals surface area contributed by atoms with Crippen molar-refractivity contribution in [1.82, 2.24) is 0 Å². The number of aromatic carboxylic acids is 1. The van der Waals surface area contributed by atoms with E-state index in [4.69, 9.17) is 27.9 Å². The molecule has 0 fully saturated rings. The third kappa shape index (κ3) is 5.69. The van der Waals surface area contributed by atoms with Crippen molar-refractivity contribution in [1.29, 1.82) is 0 Å². The second kappa shape index (κ2) is 9.73. The van der Waals surface area contributed by atoms with Gasteiger partial charge in [0.25, 0.3) is 5.91 Å². The molecule has 3 aromatic carbocycles. The minimum Gasteiger partial charge on any atom is -0.545 e. The molecule has 160 valence electrons. The number of carboxylic acids is 1. The molecule has 0 aromatic heterocycles. The van der Waals surface area contributed by atoms with Gasteiger partial charge in [-0.1, -0.05) is 35.3 Å². The highest BCUT2D eigenvalue weighted by atomic mass is 35.5. The number of hydrogen-bond acceptors (Lipinski definition) is 5. The molecule has 3 rings (SSSR count). The van der Waals surface area contributed by atoms with E-state index >= 15 is 0 Å². The summed E-state index contributed by atoms with van der Waals surface area (Å²) in [5.74, 6) is -1.69. The minimum atomic E-state index is -1.45. The van der Waals surface area contributed by atoms with Crippen LogP contribution in [-0.4, -0.2) is 26.0 Å². The molecule has 0 saturated carbocycles. The van der Waals surface area contributed by atoms with Crippen LogP contribution in [0.5, 0.6) is 5.75 Å². The van der Waals surface area contributed by atoms with E-state index in [1.165, 1.54) is 30.3 Å². The molecule has 3 aromatic rings. The predicted molar refractivity (Wildman–Crippen MR) is 120 cm³/mol. The number of hydrogen-bond donors (Lipinski definition) is 1. The van der Waals surface area contributed by atoms with E-state index in [0.717, 1.165) is 11.3 Å². The van der Waals surface area contributed by atoms with Gasteiger partial charge in [-0.2, -0.15) is 0 Å². The number of ether oxygens (including phenoxy) is 1. The van der Waals surface area contributed by atoms with Crippen molar-refractivity contribution in [3.05, 3.63) is 87.4 Å². The van der Waals surface area contributed by atoms with Crippen LogP contribution in [0.25, 0.3) is 0 Å². The second-order valence-electron chi connectivity index (χ2n) is 6.93. The SMILES string of the molecule is CN(C)c1cccc(COc2ccc(NC(=O)c3ccc(Cl)cc3Cl)c(C(=O)[O-])c2)c1. The molecule has 0 aliphatic carbocycles. The largest absolute Gasteiger partial charge is 0.545 e. The zero-order valence-electron chi connectivity index (χ0n) is 16.8. The van der Waals surface area contributed by atoms with Gasteiger partial charge in [0, 0.05) is 30.4 Å². The van der Waals surface area contributed by atoms with E-state index in [9.17, 15) is 14.7 Å². The molecule has 6 nitrogen and oxygen atoms in total. The molecule has 0 aliphatic heterocycles. The number of nitrogens with zero attached hydrogens (tertiary/aromatic N) is 1. The van der Waals surface area contributed by atoms with Crippen LogP contribution in [0.2, 0.25) is 10.0 Å². The maximum atomic E-state index is 12.5. The van der Waals surface area contributed by atoms with E-state index in [2.05, 4.69) is 5.32 Å². The van der Waals surface area contributed by atoms with Crippen LogP contribution in [0.4, 0.5) is 11.4 Å². The van der Waals surface area contributed by atoms with Crippen LogP contribution >= 0.6 is 23.2 Å². The average Bonchev–Trinajstić information content (AvgIpc) is 2.72. The molecule has 0 radical (unpaired) electrons. The molecular formula is C23H19Cl2N2O4-. The zero-order valence-corrected chi connectivity index (χ0v) is 18.3.